The molecule has 6 nitrogen and oxygen atoms in total. The lowest BCUT2D eigenvalue weighted by Crippen LogP contribution is -2.26. The van der Waals surface area contributed by atoms with Crippen molar-refractivity contribution >= 4 is 29.1 Å². The molecular weight excluding hydrogens is 294 g/mol. The molecule has 0 unspecified atom stereocenters. The molecule has 3 N–H and O–H groups in total. The number of carbonyl (C=O) groups excluding carboxylic acids is 1. The minimum absolute atomic E-state index is 0.350. The van der Waals surface area contributed by atoms with Gasteiger partial charge in [0.05, 0.1) is 23.5 Å². The molecule has 0 saturated carbocycles. The molecule has 1 aromatic rings. The SMILES string of the molecule is COc1cc(N)c(Cl)cc1NC(=O)OCCN1CCCC1. The maximum Gasteiger partial charge on any atom is 0.411 e. The molecule has 2 rings (SSSR count). The van der Waals surface area contributed by atoms with Crippen LogP contribution in [0.3, 0.4) is 0 Å². The zero-order valence-electron chi connectivity index (χ0n) is 12.0. The second kappa shape index (κ2) is 7.38. The molecule has 21 heavy (non-hydrogen) atoms. The normalized spacial score (nSPS) is 15.0. The number of amides is 1. The molecule has 1 saturated heterocycles. The van der Waals surface area contributed by atoms with E-state index in [2.05, 4.69) is 10.2 Å². The van der Waals surface area contributed by atoms with E-state index in [0.717, 1.165) is 19.6 Å². The summed E-state index contributed by atoms with van der Waals surface area (Å²) in [5, 5.41) is 2.96. The lowest BCUT2D eigenvalue weighted by atomic mass is 10.2. The molecule has 1 amide bonds. The quantitative estimate of drug-likeness (QED) is 0.817. The summed E-state index contributed by atoms with van der Waals surface area (Å²) in [6, 6.07) is 3.10. The highest BCUT2D eigenvalue weighted by atomic mass is 35.5. The molecule has 0 atom stereocenters. The van der Waals surface area contributed by atoms with E-state index in [-0.39, 0.29) is 0 Å². The van der Waals surface area contributed by atoms with Crippen molar-refractivity contribution in [2.24, 2.45) is 0 Å². The maximum absolute atomic E-state index is 11.8. The molecule has 0 bridgehead atoms. The Bertz CT molecular complexity index is 504. The van der Waals surface area contributed by atoms with Crippen LogP contribution in [0.15, 0.2) is 12.1 Å². The average molecular weight is 314 g/mol. The molecule has 0 radical (unpaired) electrons. The Labute approximate surface area is 129 Å². The molecular formula is C14H20ClN3O3. The van der Waals surface area contributed by atoms with Gasteiger partial charge in [0.15, 0.2) is 0 Å². The second-order valence-corrected chi connectivity index (χ2v) is 5.29. The molecule has 0 spiro atoms. The van der Waals surface area contributed by atoms with Crippen molar-refractivity contribution in [3.05, 3.63) is 17.2 Å². The van der Waals surface area contributed by atoms with Crippen LogP contribution >= 0.6 is 11.6 Å². The highest BCUT2D eigenvalue weighted by molar-refractivity contribution is 6.33. The van der Waals surface area contributed by atoms with Crippen molar-refractivity contribution in [2.75, 3.05) is 44.4 Å². The first-order valence-electron chi connectivity index (χ1n) is 6.89. The number of nitrogens with one attached hydrogen (secondary N) is 1. The number of likely N-dealkylation sites (tertiary alicyclic amines) is 1. The van der Waals surface area contributed by atoms with E-state index >= 15 is 0 Å². The average Bonchev–Trinajstić information content (AvgIpc) is 2.96. The van der Waals surface area contributed by atoms with Crippen LogP contribution in [0.4, 0.5) is 16.2 Å². The van der Waals surface area contributed by atoms with Crippen molar-refractivity contribution in [1.82, 2.24) is 4.90 Å². The summed E-state index contributed by atoms with van der Waals surface area (Å²) in [5.41, 5.74) is 6.51. The summed E-state index contributed by atoms with van der Waals surface area (Å²) in [4.78, 5) is 14.0. The third-order valence-electron chi connectivity index (χ3n) is 3.39. The Kier molecular flexibility index (Phi) is 5.52. The van der Waals surface area contributed by atoms with E-state index < -0.39 is 6.09 Å². The second-order valence-electron chi connectivity index (χ2n) is 4.88. The number of nitrogens with zero attached hydrogens (tertiary/aromatic N) is 1. The van der Waals surface area contributed by atoms with E-state index in [1.54, 1.807) is 6.07 Å². The third kappa shape index (κ3) is 4.41. The van der Waals surface area contributed by atoms with Gasteiger partial charge in [0.2, 0.25) is 0 Å². The van der Waals surface area contributed by atoms with E-state index in [4.69, 9.17) is 26.8 Å². The number of nitrogens with two attached hydrogens (primary N) is 1. The topological polar surface area (TPSA) is 76.8 Å². The molecule has 1 aliphatic rings. The number of nitrogen functional groups attached to an aromatic ring is 1. The van der Waals surface area contributed by atoms with Gasteiger partial charge in [-0.1, -0.05) is 11.6 Å². The third-order valence-corrected chi connectivity index (χ3v) is 3.72. The van der Waals surface area contributed by atoms with Gasteiger partial charge in [0.1, 0.15) is 12.4 Å². The lowest BCUT2D eigenvalue weighted by Gasteiger charge is -2.15. The molecule has 7 heteroatoms. The fourth-order valence-corrected chi connectivity index (χ4v) is 2.42. The zero-order valence-corrected chi connectivity index (χ0v) is 12.8. The lowest BCUT2D eigenvalue weighted by molar-refractivity contribution is 0.146. The summed E-state index contributed by atoms with van der Waals surface area (Å²) >= 11 is 5.94. The van der Waals surface area contributed by atoms with Gasteiger partial charge < -0.3 is 15.2 Å². The Balaban J connectivity index is 1.85. The van der Waals surface area contributed by atoms with E-state index in [1.165, 1.54) is 26.0 Å². The van der Waals surface area contributed by atoms with E-state index in [0.29, 0.717) is 28.8 Å². The number of benzene rings is 1. The van der Waals surface area contributed by atoms with Gasteiger partial charge in [-0.2, -0.15) is 0 Å². The standard InChI is InChI=1S/C14H20ClN3O3/c1-20-13-9-11(16)10(15)8-12(13)17-14(19)21-7-6-18-4-2-3-5-18/h8-9H,2-7,16H2,1H3,(H,17,19). The van der Waals surface area contributed by atoms with Gasteiger partial charge >= 0.3 is 6.09 Å². The van der Waals surface area contributed by atoms with Gasteiger partial charge in [-0.05, 0) is 32.0 Å². The van der Waals surface area contributed by atoms with Crippen LogP contribution in [-0.4, -0.2) is 44.3 Å². The van der Waals surface area contributed by atoms with Gasteiger partial charge in [-0.15, -0.1) is 0 Å². The summed E-state index contributed by atoms with van der Waals surface area (Å²) in [6.45, 7) is 3.27. The Hall–Kier alpha value is -1.66. The first-order valence-corrected chi connectivity index (χ1v) is 7.27. The summed E-state index contributed by atoms with van der Waals surface area (Å²) < 4.78 is 10.3. The molecule has 0 aromatic heterocycles. The van der Waals surface area contributed by atoms with Gasteiger partial charge in [0.25, 0.3) is 0 Å². The molecule has 0 aliphatic carbocycles. The fourth-order valence-electron chi connectivity index (χ4n) is 2.26. The van der Waals surface area contributed by atoms with Crippen molar-refractivity contribution in [3.63, 3.8) is 0 Å². The minimum Gasteiger partial charge on any atom is -0.494 e. The van der Waals surface area contributed by atoms with Crippen molar-refractivity contribution in [2.45, 2.75) is 12.8 Å². The van der Waals surface area contributed by atoms with Crippen LogP contribution in [0.25, 0.3) is 0 Å². The highest BCUT2D eigenvalue weighted by Gasteiger charge is 2.14. The summed E-state index contributed by atoms with van der Waals surface area (Å²) in [6.07, 6.45) is 1.90. The smallest absolute Gasteiger partial charge is 0.411 e. The molecule has 1 aromatic carbocycles. The monoisotopic (exact) mass is 313 g/mol. The molecule has 1 fully saturated rings. The maximum atomic E-state index is 11.8. The predicted molar refractivity (Wildman–Crippen MR) is 83.1 cm³/mol. The van der Waals surface area contributed by atoms with Gasteiger partial charge in [0, 0.05) is 12.6 Å². The first kappa shape index (κ1) is 15.7. The summed E-state index contributed by atoms with van der Waals surface area (Å²) in [5.74, 6) is 0.438. The molecule has 1 heterocycles. The molecule has 1 aliphatic heterocycles. The fraction of sp³-hybridized carbons (Fsp3) is 0.500. The number of hydrogen-bond acceptors (Lipinski definition) is 5. The van der Waals surface area contributed by atoms with Gasteiger partial charge in [-0.3, -0.25) is 10.2 Å². The largest absolute Gasteiger partial charge is 0.494 e. The number of rotatable bonds is 5. The Morgan fingerprint density at radius 1 is 1.43 bits per heavy atom. The Morgan fingerprint density at radius 3 is 2.81 bits per heavy atom. The van der Waals surface area contributed by atoms with Crippen molar-refractivity contribution < 1.29 is 14.3 Å². The zero-order chi connectivity index (χ0) is 15.2. The van der Waals surface area contributed by atoms with Gasteiger partial charge in [-0.25, -0.2) is 4.79 Å². The number of hydrogen-bond donors (Lipinski definition) is 2. The highest BCUT2D eigenvalue weighted by Crippen LogP contribution is 2.32. The number of ether oxygens (including phenoxy) is 2. The van der Waals surface area contributed by atoms with Crippen molar-refractivity contribution in [1.29, 1.82) is 0 Å². The van der Waals surface area contributed by atoms with E-state index in [1.807, 2.05) is 0 Å². The molecule has 116 valence electrons. The summed E-state index contributed by atoms with van der Waals surface area (Å²) in [7, 11) is 1.49. The number of halogens is 1. The Morgan fingerprint density at radius 2 is 2.14 bits per heavy atom. The minimum atomic E-state index is -0.534. The van der Waals surface area contributed by atoms with Crippen LogP contribution in [-0.2, 0) is 4.74 Å². The number of carbonyl (C=O) groups is 1. The van der Waals surface area contributed by atoms with Crippen LogP contribution in [0.5, 0.6) is 5.75 Å². The van der Waals surface area contributed by atoms with E-state index in [9.17, 15) is 4.79 Å². The number of methoxy groups -OCH3 is 1. The van der Waals surface area contributed by atoms with Crippen LogP contribution in [0.1, 0.15) is 12.8 Å². The van der Waals surface area contributed by atoms with Crippen LogP contribution in [0.2, 0.25) is 5.02 Å². The van der Waals surface area contributed by atoms with Crippen LogP contribution < -0.4 is 15.8 Å². The predicted octanol–water partition coefficient (Wildman–Crippen LogP) is 2.58. The van der Waals surface area contributed by atoms with Crippen molar-refractivity contribution in [3.8, 4) is 5.75 Å². The first-order chi connectivity index (χ1) is 10.1. The number of anilines is 2. The van der Waals surface area contributed by atoms with Crippen LogP contribution in [0, 0.1) is 0 Å².